The molecular formula is C22H31F2NO. The van der Waals surface area contributed by atoms with Gasteiger partial charge in [0.2, 0.25) is 5.82 Å². The summed E-state index contributed by atoms with van der Waals surface area (Å²) in [6.45, 7) is 4.41. The number of nitrogens with one attached hydrogen (secondary N) is 1. The van der Waals surface area contributed by atoms with E-state index >= 15 is 0 Å². The van der Waals surface area contributed by atoms with Crippen molar-refractivity contribution in [2.24, 2.45) is 23.7 Å². The third kappa shape index (κ3) is 4.39. The van der Waals surface area contributed by atoms with Crippen molar-refractivity contribution in [3.8, 4) is 5.75 Å². The van der Waals surface area contributed by atoms with Crippen LogP contribution in [0.3, 0.4) is 0 Å². The van der Waals surface area contributed by atoms with Gasteiger partial charge in [0.1, 0.15) is 0 Å². The van der Waals surface area contributed by atoms with Gasteiger partial charge in [-0.05, 0) is 87.2 Å². The summed E-state index contributed by atoms with van der Waals surface area (Å²) in [6.07, 6.45) is 12.1. The van der Waals surface area contributed by atoms with Crippen LogP contribution in [0.2, 0.25) is 0 Å². The summed E-state index contributed by atoms with van der Waals surface area (Å²) in [4.78, 5) is 0. The molecule has 1 aromatic carbocycles. The van der Waals surface area contributed by atoms with Crippen molar-refractivity contribution in [1.29, 1.82) is 0 Å². The lowest BCUT2D eigenvalue weighted by atomic mass is 9.69. The maximum Gasteiger partial charge on any atom is 0.202 e. The Balaban J connectivity index is 1.45. The molecule has 4 heteroatoms. The molecule has 0 bridgehead atoms. The Bertz CT molecular complexity index is 602. The molecule has 0 aromatic heterocycles. The summed E-state index contributed by atoms with van der Waals surface area (Å²) in [5.74, 6) is 1.12. The zero-order chi connectivity index (χ0) is 18.5. The molecule has 0 radical (unpaired) electrons. The number of benzene rings is 1. The van der Waals surface area contributed by atoms with Gasteiger partial charge >= 0.3 is 0 Å². The van der Waals surface area contributed by atoms with Gasteiger partial charge < -0.3 is 10.1 Å². The predicted molar refractivity (Wildman–Crippen MR) is 102 cm³/mol. The standard InChI is InChI=1S/C22H31F2NO/c1-3-15-4-8-17(9-5-15)18-10-6-16(7-11-18)14-26-20-13-12-19(25-2)21(23)22(20)24/h3,12-13,15-18,25H,1,4-11,14H2,2H3. The van der Waals surface area contributed by atoms with Gasteiger partial charge in [-0.1, -0.05) is 6.08 Å². The molecule has 0 saturated heterocycles. The van der Waals surface area contributed by atoms with Gasteiger partial charge in [-0.2, -0.15) is 4.39 Å². The van der Waals surface area contributed by atoms with E-state index in [1.54, 1.807) is 7.05 Å². The summed E-state index contributed by atoms with van der Waals surface area (Å²) < 4.78 is 33.4. The number of allylic oxidation sites excluding steroid dienone is 1. The first-order valence-corrected chi connectivity index (χ1v) is 10.0. The van der Waals surface area contributed by atoms with Crippen LogP contribution < -0.4 is 10.1 Å². The Morgan fingerprint density at radius 3 is 2.19 bits per heavy atom. The molecule has 26 heavy (non-hydrogen) atoms. The lowest BCUT2D eigenvalue weighted by Gasteiger charge is -2.37. The SMILES string of the molecule is C=CC1CCC(C2CCC(COc3ccc(NC)c(F)c3F)CC2)CC1. The minimum absolute atomic E-state index is 0.0198. The van der Waals surface area contributed by atoms with E-state index in [1.165, 1.54) is 50.7 Å². The normalized spacial score (nSPS) is 29.2. The Hall–Kier alpha value is -1.58. The highest BCUT2D eigenvalue weighted by atomic mass is 19.2. The molecule has 1 N–H and O–H groups in total. The molecule has 2 aliphatic carbocycles. The number of ether oxygens (including phenoxy) is 1. The molecule has 144 valence electrons. The van der Waals surface area contributed by atoms with Gasteiger partial charge in [0, 0.05) is 7.05 Å². The number of halogens is 2. The fourth-order valence-corrected chi connectivity index (χ4v) is 4.72. The molecule has 1 aromatic rings. The average Bonchev–Trinajstić information content (AvgIpc) is 2.70. The lowest BCUT2D eigenvalue weighted by Crippen LogP contribution is -2.27. The Labute approximate surface area is 156 Å². The van der Waals surface area contributed by atoms with E-state index in [9.17, 15) is 8.78 Å². The van der Waals surface area contributed by atoms with Crippen LogP contribution in [0.1, 0.15) is 51.4 Å². The summed E-state index contributed by atoms with van der Waals surface area (Å²) in [6, 6.07) is 3.03. The maximum absolute atomic E-state index is 14.0. The van der Waals surface area contributed by atoms with Gasteiger partial charge in [-0.3, -0.25) is 0 Å². The smallest absolute Gasteiger partial charge is 0.202 e. The molecule has 0 spiro atoms. The molecular weight excluding hydrogens is 332 g/mol. The average molecular weight is 363 g/mol. The molecule has 0 heterocycles. The third-order valence-corrected chi connectivity index (χ3v) is 6.50. The summed E-state index contributed by atoms with van der Waals surface area (Å²) in [5.41, 5.74) is 0.154. The predicted octanol–water partition coefficient (Wildman–Crippen LogP) is 6.18. The monoisotopic (exact) mass is 363 g/mol. The van der Waals surface area contributed by atoms with Crippen LogP contribution in [-0.2, 0) is 0 Å². The highest BCUT2D eigenvalue weighted by Crippen LogP contribution is 2.41. The van der Waals surface area contributed by atoms with Crippen molar-refractivity contribution >= 4 is 5.69 Å². The van der Waals surface area contributed by atoms with E-state index in [2.05, 4.69) is 18.0 Å². The highest BCUT2D eigenvalue weighted by molar-refractivity contribution is 5.48. The van der Waals surface area contributed by atoms with Crippen LogP contribution in [0.25, 0.3) is 0 Å². The minimum Gasteiger partial charge on any atom is -0.490 e. The van der Waals surface area contributed by atoms with E-state index in [0.717, 1.165) is 30.6 Å². The quantitative estimate of drug-likeness (QED) is 0.609. The molecule has 0 aliphatic heterocycles. The maximum atomic E-state index is 14.0. The van der Waals surface area contributed by atoms with Crippen LogP contribution in [-0.4, -0.2) is 13.7 Å². The molecule has 2 fully saturated rings. The Kier molecular flexibility index (Phi) is 6.55. The molecule has 2 nitrogen and oxygen atoms in total. The number of hydrogen-bond acceptors (Lipinski definition) is 2. The third-order valence-electron chi connectivity index (χ3n) is 6.50. The van der Waals surface area contributed by atoms with Gasteiger partial charge in [-0.15, -0.1) is 6.58 Å². The van der Waals surface area contributed by atoms with Crippen LogP contribution in [0.5, 0.6) is 5.75 Å². The molecule has 2 saturated carbocycles. The molecule has 0 atom stereocenters. The van der Waals surface area contributed by atoms with Crippen molar-refractivity contribution < 1.29 is 13.5 Å². The second-order valence-electron chi connectivity index (χ2n) is 7.99. The minimum atomic E-state index is -0.899. The van der Waals surface area contributed by atoms with Crippen LogP contribution in [0.15, 0.2) is 24.8 Å². The second-order valence-corrected chi connectivity index (χ2v) is 7.99. The molecule has 3 rings (SSSR count). The van der Waals surface area contributed by atoms with Crippen LogP contribution in [0.4, 0.5) is 14.5 Å². The lowest BCUT2D eigenvalue weighted by molar-refractivity contribution is 0.127. The van der Waals surface area contributed by atoms with E-state index < -0.39 is 11.6 Å². The van der Waals surface area contributed by atoms with Gasteiger partial charge in [0.15, 0.2) is 11.6 Å². The fourth-order valence-electron chi connectivity index (χ4n) is 4.72. The first kappa shape index (κ1) is 19.2. The van der Waals surface area contributed by atoms with E-state index in [-0.39, 0.29) is 11.4 Å². The van der Waals surface area contributed by atoms with E-state index in [4.69, 9.17) is 4.74 Å². The highest BCUT2D eigenvalue weighted by Gasteiger charge is 2.30. The zero-order valence-electron chi connectivity index (χ0n) is 15.8. The van der Waals surface area contributed by atoms with E-state index in [0.29, 0.717) is 12.5 Å². The summed E-state index contributed by atoms with van der Waals surface area (Å²) in [5, 5.41) is 2.64. The summed E-state index contributed by atoms with van der Waals surface area (Å²) >= 11 is 0. The van der Waals surface area contributed by atoms with Gasteiger partial charge in [-0.25, -0.2) is 4.39 Å². The Morgan fingerprint density at radius 1 is 1.00 bits per heavy atom. The van der Waals surface area contributed by atoms with Gasteiger partial charge in [0.25, 0.3) is 0 Å². The molecule has 2 aliphatic rings. The largest absolute Gasteiger partial charge is 0.490 e. The first-order chi connectivity index (χ1) is 12.6. The van der Waals surface area contributed by atoms with Crippen molar-refractivity contribution in [2.75, 3.05) is 19.0 Å². The van der Waals surface area contributed by atoms with Crippen LogP contribution >= 0.6 is 0 Å². The number of hydrogen-bond donors (Lipinski definition) is 1. The van der Waals surface area contributed by atoms with Crippen molar-refractivity contribution in [3.05, 3.63) is 36.4 Å². The summed E-state index contributed by atoms with van der Waals surface area (Å²) in [7, 11) is 1.57. The fraction of sp³-hybridized carbons (Fsp3) is 0.636. The van der Waals surface area contributed by atoms with Crippen molar-refractivity contribution in [3.63, 3.8) is 0 Å². The van der Waals surface area contributed by atoms with Crippen molar-refractivity contribution in [1.82, 2.24) is 0 Å². The number of anilines is 1. The second kappa shape index (κ2) is 8.88. The first-order valence-electron chi connectivity index (χ1n) is 10.0. The molecule has 0 unspecified atom stereocenters. The van der Waals surface area contributed by atoms with Gasteiger partial charge in [0.05, 0.1) is 12.3 Å². The number of rotatable bonds is 6. The van der Waals surface area contributed by atoms with Crippen molar-refractivity contribution in [2.45, 2.75) is 51.4 Å². The molecule has 0 amide bonds. The zero-order valence-corrected chi connectivity index (χ0v) is 15.8. The van der Waals surface area contributed by atoms with Crippen LogP contribution in [0, 0.1) is 35.3 Å². The van der Waals surface area contributed by atoms with E-state index in [1.807, 2.05) is 0 Å². The topological polar surface area (TPSA) is 21.3 Å². The Morgan fingerprint density at radius 2 is 1.62 bits per heavy atom.